The molecule has 102 valence electrons. The SMILES string of the molecule is CN1C(=O)Cc2cc(CNCCCC(=O)O)ccc21. The van der Waals surface area contributed by atoms with Crippen LogP contribution in [0.5, 0.6) is 0 Å². The highest BCUT2D eigenvalue weighted by atomic mass is 16.4. The number of benzene rings is 1. The number of hydrogen-bond donors (Lipinski definition) is 2. The van der Waals surface area contributed by atoms with Crippen LogP contribution in [0.25, 0.3) is 0 Å². The smallest absolute Gasteiger partial charge is 0.303 e. The van der Waals surface area contributed by atoms with E-state index in [4.69, 9.17) is 5.11 Å². The summed E-state index contributed by atoms with van der Waals surface area (Å²) in [6.45, 7) is 1.38. The van der Waals surface area contributed by atoms with Crippen LogP contribution in [0.2, 0.25) is 0 Å². The van der Waals surface area contributed by atoms with E-state index in [1.165, 1.54) is 0 Å². The monoisotopic (exact) mass is 262 g/mol. The fourth-order valence-electron chi connectivity index (χ4n) is 2.23. The van der Waals surface area contributed by atoms with Crippen LogP contribution in [0.3, 0.4) is 0 Å². The molecule has 0 aromatic heterocycles. The molecule has 1 heterocycles. The number of likely N-dealkylation sites (N-methyl/N-ethyl adjacent to an activating group) is 1. The number of rotatable bonds is 6. The molecule has 0 saturated carbocycles. The van der Waals surface area contributed by atoms with E-state index in [0.717, 1.165) is 16.8 Å². The normalized spacial score (nSPS) is 13.7. The van der Waals surface area contributed by atoms with E-state index >= 15 is 0 Å². The van der Waals surface area contributed by atoms with Crippen LogP contribution in [-0.2, 0) is 22.6 Å². The Morgan fingerprint density at radius 2 is 2.26 bits per heavy atom. The van der Waals surface area contributed by atoms with Crippen molar-refractivity contribution in [3.05, 3.63) is 29.3 Å². The van der Waals surface area contributed by atoms with Gasteiger partial charge in [0.25, 0.3) is 0 Å². The van der Waals surface area contributed by atoms with Crippen LogP contribution in [-0.4, -0.2) is 30.6 Å². The van der Waals surface area contributed by atoms with Gasteiger partial charge in [-0.25, -0.2) is 0 Å². The van der Waals surface area contributed by atoms with Crippen molar-refractivity contribution in [2.75, 3.05) is 18.5 Å². The van der Waals surface area contributed by atoms with Gasteiger partial charge in [-0.3, -0.25) is 9.59 Å². The maximum Gasteiger partial charge on any atom is 0.303 e. The highest BCUT2D eigenvalue weighted by molar-refractivity contribution is 6.00. The number of carboxylic acid groups (broad SMARTS) is 1. The van der Waals surface area contributed by atoms with Crippen molar-refractivity contribution in [2.24, 2.45) is 0 Å². The molecule has 0 atom stereocenters. The minimum Gasteiger partial charge on any atom is -0.481 e. The van der Waals surface area contributed by atoms with Gasteiger partial charge < -0.3 is 15.3 Å². The van der Waals surface area contributed by atoms with E-state index in [0.29, 0.717) is 25.9 Å². The van der Waals surface area contributed by atoms with Gasteiger partial charge in [0.15, 0.2) is 0 Å². The lowest BCUT2D eigenvalue weighted by atomic mass is 10.1. The Morgan fingerprint density at radius 3 is 3.00 bits per heavy atom. The van der Waals surface area contributed by atoms with Crippen molar-refractivity contribution in [3.8, 4) is 0 Å². The lowest BCUT2D eigenvalue weighted by Gasteiger charge is -2.10. The molecule has 0 radical (unpaired) electrons. The lowest BCUT2D eigenvalue weighted by Crippen LogP contribution is -2.20. The Labute approximate surface area is 112 Å². The molecular formula is C14H18N2O3. The summed E-state index contributed by atoms with van der Waals surface area (Å²) < 4.78 is 0. The minimum atomic E-state index is -0.763. The highest BCUT2D eigenvalue weighted by Crippen LogP contribution is 2.28. The largest absolute Gasteiger partial charge is 0.481 e. The van der Waals surface area contributed by atoms with Gasteiger partial charge in [0.1, 0.15) is 0 Å². The van der Waals surface area contributed by atoms with Crippen molar-refractivity contribution in [1.29, 1.82) is 0 Å². The number of nitrogens with zero attached hydrogens (tertiary/aromatic N) is 1. The number of nitrogens with one attached hydrogen (secondary N) is 1. The van der Waals surface area contributed by atoms with Crippen molar-refractivity contribution in [1.82, 2.24) is 5.32 Å². The molecule has 0 fully saturated rings. The maximum absolute atomic E-state index is 11.6. The molecule has 1 aliphatic heterocycles. The molecule has 2 N–H and O–H groups in total. The fraction of sp³-hybridized carbons (Fsp3) is 0.429. The van der Waals surface area contributed by atoms with Gasteiger partial charge in [-0.2, -0.15) is 0 Å². The molecule has 5 heteroatoms. The third-order valence-electron chi connectivity index (χ3n) is 3.29. The van der Waals surface area contributed by atoms with E-state index < -0.39 is 5.97 Å². The van der Waals surface area contributed by atoms with Gasteiger partial charge in [-0.05, 0) is 30.2 Å². The zero-order valence-corrected chi connectivity index (χ0v) is 11.0. The van der Waals surface area contributed by atoms with Gasteiger partial charge in [-0.15, -0.1) is 0 Å². The number of carboxylic acids is 1. The van der Waals surface area contributed by atoms with Crippen LogP contribution >= 0.6 is 0 Å². The molecule has 0 aliphatic carbocycles. The van der Waals surface area contributed by atoms with Gasteiger partial charge >= 0.3 is 5.97 Å². The van der Waals surface area contributed by atoms with Gasteiger partial charge in [0.2, 0.25) is 5.91 Å². The third-order valence-corrected chi connectivity index (χ3v) is 3.29. The van der Waals surface area contributed by atoms with Crippen molar-refractivity contribution in [3.63, 3.8) is 0 Å². The number of hydrogen-bond acceptors (Lipinski definition) is 3. The van der Waals surface area contributed by atoms with Crippen LogP contribution in [0, 0.1) is 0 Å². The van der Waals surface area contributed by atoms with Crippen LogP contribution in [0.1, 0.15) is 24.0 Å². The first-order chi connectivity index (χ1) is 9.08. The molecule has 0 spiro atoms. The summed E-state index contributed by atoms with van der Waals surface area (Å²) in [5.41, 5.74) is 3.18. The molecule has 0 saturated heterocycles. The number of carbonyl (C=O) groups is 2. The van der Waals surface area contributed by atoms with Crippen LogP contribution < -0.4 is 10.2 Å². The van der Waals surface area contributed by atoms with E-state index in [2.05, 4.69) is 5.32 Å². The molecule has 0 bridgehead atoms. The second-order valence-electron chi connectivity index (χ2n) is 4.77. The van der Waals surface area contributed by atoms with Crippen molar-refractivity contribution >= 4 is 17.6 Å². The zero-order valence-electron chi connectivity index (χ0n) is 11.0. The Morgan fingerprint density at radius 1 is 1.47 bits per heavy atom. The van der Waals surface area contributed by atoms with Crippen LogP contribution in [0.4, 0.5) is 5.69 Å². The molecule has 1 amide bonds. The molecule has 5 nitrogen and oxygen atoms in total. The Hall–Kier alpha value is -1.88. The average molecular weight is 262 g/mol. The molecule has 1 aromatic rings. The first-order valence-corrected chi connectivity index (χ1v) is 6.39. The minimum absolute atomic E-state index is 0.126. The number of anilines is 1. The van der Waals surface area contributed by atoms with E-state index in [1.807, 2.05) is 18.2 Å². The van der Waals surface area contributed by atoms with Gasteiger partial charge in [0.05, 0.1) is 6.42 Å². The summed E-state index contributed by atoms with van der Waals surface area (Å²) in [5, 5.41) is 11.7. The Bertz CT molecular complexity index is 499. The summed E-state index contributed by atoms with van der Waals surface area (Å²) >= 11 is 0. The average Bonchev–Trinajstić information content (AvgIpc) is 2.64. The predicted octanol–water partition coefficient (Wildman–Crippen LogP) is 1.16. The zero-order chi connectivity index (χ0) is 13.8. The van der Waals surface area contributed by atoms with Crippen LogP contribution in [0.15, 0.2) is 18.2 Å². The summed E-state index contributed by atoms with van der Waals surface area (Å²) in [6.07, 6.45) is 1.29. The predicted molar refractivity (Wildman–Crippen MR) is 72.1 cm³/mol. The molecule has 2 rings (SSSR count). The number of amides is 1. The fourth-order valence-corrected chi connectivity index (χ4v) is 2.23. The number of carbonyl (C=O) groups excluding carboxylic acids is 1. The molecular weight excluding hydrogens is 244 g/mol. The quantitative estimate of drug-likeness (QED) is 0.755. The van der Waals surface area contributed by atoms with Crippen molar-refractivity contribution in [2.45, 2.75) is 25.8 Å². The third kappa shape index (κ3) is 3.32. The topological polar surface area (TPSA) is 69.6 Å². The van der Waals surface area contributed by atoms with E-state index in [9.17, 15) is 9.59 Å². The summed E-state index contributed by atoms with van der Waals surface area (Å²) in [7, 11) is 1.79. The van der Waals surface area contributed by atoms with E-state index in [-0.39, 0.29) is 12.3 Å². The molecule has 0 unspecified atom stereocenters. The summed E-state index contributed by atoms with van der Waals surface area (Å²) in [5.74, 6) is -0.637. The van der Waals surface area contributed by atoms with E-state index in [1.54, 1.807) is 11.9 Å². The number of fused-ring (bicyclic) bond motifs is 1. The maximum atomic E-state index is 11.6. The second-order valence-corrected chi connectivity index (χ2v) is 4.77. The number of aliphatic carboxylic acids is 1. The summed E-state index contributed by atoms with van der Waals surface area (Å²) in [6, 6.07) is 6.01. The molecule has 1 aromatic carbocycles. The first-order valence-electron chi connectivity index (χ1n) is 6.39. The standard InChI is InChI=1S/C14H18N2O3/c1-16-12-5-4-10(7-11(12)8-13(16)17)9-15-6-2-3-14(18)19/h4-5,7,15H,2-3,6,8-9H2,1H3,(H,18,19). The highest BCUT2D eigenvalue weighted by Gasteiger charge is 2.23. The lowest BCUT2D eigenvalue weighted by molar-refractivity contribution is -0.137. The van der Waals surface area contributed by atoms with Gasteiger partial charge in [-0.1, -0.05) is 12.1 Å². The second kappa shape index (κ2) is 5.84. The Kier molecular flexibility index (Phi) is 4.16. The molecule has 19 heavy (non-hydrogen) atoms. The van der Waals surface area contributed by atoms with Crippen molar-refractivity contribution < 1.29 is 14.7 Å². The first kappa shape index (κ1) is 13.5. The summed E-state index contributed by atoms with van der Waals surface area (Å²) in [4.78, 5) is 23.6. The molecule has 1 aliphatic rings. The van der Waals surface area contributed by atoms with Gasteiger partial charge in [0, 0.05) is 25.7 Å². The Balaban J connectivity index is 1.85.